The van der Waals surface area contributed by atoms with Crippen LogP contribution >= 0.6 is 0 Å². The Hall–Kier alpha value is -4.85. The number of ether oxygens (including phenoxy) is 2. The van der Waals surface area contributed by atoms with E-state index in [1.807, 2.05) is 4.90 Å². The van der Waals surface area contributed by atoms with Crippen LogP contribution in [0.4, 0.5) is 19.0 Å². The molecular formula is C30H26F3N3O5. The van der Waals surface area contributed by atoms with Crippen molar-refractivity contribution in [3.63, 3.8) is 0 Å². The molecule has 0 bridgehead atoms. The lowest BCUT2D eigenvalue weighted by Gasteiger charge is -2.35. The molecule has 1 aliphatic heterocycles. The second-order valence-corrected chi connectivity index (χ2v) is 9.00. The molecular weight excluding hydrogens is 539 g/mol. The maximum atomic E-state index is 13.3. The second kappa shape index (κ2) is 12.6. The van der Waals surface area contributed by atoms with E-state index in [1.165, 1.54) is 42.2 Å². The van der Waals surface area contributed by atoms with E-state index < -0.39 is 29.6 Å². The van der Waals surface area contributed by atoms with Crippen molar-refractivity contribution in [2.75, 3.05) is 37.7 Å². The number of piperazine rings is 1. The zero-order chi connectivity index (χ0) is 29.6. The molecule has 41 heavy (non-hydrogen) atoms. The molecule has 8 nitrogen and oxygen atoms in total. The molecule has 212 valence electrons. The topological polar surface area (TPSA) is 89.0 Å². The maximum absolute atomic E-state index is 13.3. The molecule has 0 radical (unpaired) electrons. The summed E-state index contributed by atoms with van der Waals surface area (Å²) in [5, 5.41) is 0. The van der Waals surface area contributed by atoms with Gasteiger partial charge in [0.15, 0.2) is 0 Å². The summed E-state index contributed by atoms with van der Waals surface area (Å²) in [6.45, 7) is 4.37. The van der Waals surface area contributed by atoms with Gasteiger partial charge >= 0.3 is 18.1 Å². The maximum Gasteiger partial charge on any atom is 0.417 e. The van der Waals surface area contributed by atoms with E-state index in [-0.39, 0.29) is 36.6 Å². The van der Waals surface area contributed by atoms with Gasteiger partial charge in [0.1, 0.15) is 17.1 Å². The predicted molar refractivity (Wildman–Crippen MR) is 143 cm³/mol. The van der Waals surface area contributed by atoms with Gasteiger partial charge in [0, 0.05) is 50.4 Å². The SMILES string of the molecule is CCOC(=O)c1cc(C#Cc2ccc(N3CCN(C(=O)c4ccccc4C(F)(F)F)CC3)nc2)ccc1OC(C)=O. The van der Waals surface area contributed by atoms with Crippen LogP contribution in [-0.2, 0) is 15.7 Å². The summed E-state index contributed by atoms with van der Waals surface area (Å²) in [6, 6.07) is 12.9. The van der Waals surface area contributed by atoms with E-state index in [0.717, 1.165) is 6.07 Å². The number of aromatic nitrogens is 1. The van der Waals surface area contributed by atoms with E-state index in [0.29, 0.717) is 30.0 Å². The largest absolute Gasteiger partial charge is 0.462 e. The lowest BCUT2D eigenvalue weighted by Crippen LogP contribution is -2.49. The Kier molecular flexibility index (Phi) is 8.92. The summed E-state index contributed by atoms with van der Waals surface area (Å²) in [7, 11) is 0. The van der Waals surface area contributed by atoms with Crippen LogP contribution in [0, 0.1) is 11.8 Å². The third-order valence-electron chi connectivity index (χ3n) is 6.18. The molecule has 4 rings (SSSR count). The van der Waals surface area contributed by atoms with Crippen molar-refractivity contribution >= 4 is 23.7 Å². The smallest absolute Gasteiger partial charge is 0.417 e. The van der Waals surface area contributed by atoms with Gasteiger partial charge in [0.25, 0.3) is 5.91 Å². The minimum absolute atomic E-state index is 0.0823. The number of halogens is 3. The predicted octanol–water partition coefficient (Wildman–Crippen LogP) is 4.56. The van der Waals surface area contributed by atoms with Crippen LogP contribution in [0.2, 0.25) is 0 Å². The zero-order valence-corrected chi connectivity index (χ0v) is 22.3. The first-order valence-electron chi connectivity index (χ1n) is 12.7. The molecule has 1 aliphatic rings. The van der Waals surface area contributed by atoms with Crippen LogP contribution in [0.15, 0.2) is 60.8 Å². The molecule has 11 heteroatoms. The summed E-state index contributed by atoms with van der Waals surface area (Å²) >= 11 is 0. The standard InChI is InChI=1S/C30H26F3N3O5/c1-3-40-29(39)24-18-21(10-12-26(24)41-20(2)37)8-9-22-11-13-27(34-19-22)35-14-16-36(17-15-35)28(38)23-6-4-5-7-25(23)30(31,32)33/h4-7,10-13,18-19H,3,14-17H2,1-2H3. The van der Waals surface area contributed by atoms with Crippen LogP contribution in [0.1, 0.15) is 51.3 Å². The zero-order valence-electron chi connectivity index (χ0n) is 22.3. The number of anilines is 1. The van der Waals surface area contributed by atoms with E-state index in [1.54, 1.807) is 31.3 Å². The summed E-state index contributed by atoms with van der Waals surface area (Å²) in [5.74, 6) is 4.80. The Balaban J connectivity index is 1.41. The summed E-state index contributed by atoms with van der Waals surface area (Å²) < 4.78 is 50.2. The molecule has 0 saturated carbocycles. The van der Waals surface area contributed by atoms with Gasteiger partial charge in [-0.05, 0) is 49.4 Å². The van der Waals surface area contributed by atoms with Crippen molar-refractivity contribution in [3.05, 3.63) is 88.6 Å². The Bertz CT molecular complexity index is 1500. The molecule has 2 aromatic carbocycles. The number of pyridine rings is 1. The van der Waals surface area contributed by atoms with Gasteiger partial charge in [0.05, 0.1) is 17.7 Å². The molecule has 1 saturated heterocycles. The molecule has 1 aromatic heterocycles. The highest BCUT2D eigenvalue weighted by molar-refractivity contribution is 5.96. The first-order chi connectivity index (χ1) is 19.6. The van der Waals surface area contributed by atoms with E-state index >= 15 is 0 Å². The number of esters is 2. The summed E-state index contributed by atoms with van der Waals surface area (Å²) in [5.41, 5.74) is -0.107. The molecule has 3 aromatic rings. The third kappa shape index (κ3) is 7.22. The van der Waals surface area contributed by atoms with Crippen molar-refractivity contribution in [1.82, 2.24) is 9.88 Å². The fraction of sp³-hybridized carbons (Fsp3) is 0.267. The number of hydrogen-bond acceptors (Lipinski definition) is 7. The van der Waals surface area contributed by atoms with Crippen molar-refractivity contribution in [2.45, 2.75) is 20.0 Å². The number of nitrogens with zero attached hydrogens (tertiary/aromatic N) is 3. The lowest BCUT2D eigenvalue weighted by atomic mass is 10.1. The average Bonchev–Trinajstić information content (AvgIpc) is 2.96. The Labute approximate surface area is 234 Å². The van der Waals surface area contributed by atoms with Gasteiger partial charge in [-0.25, -0.2) is 9.78 Å². The van der Waals surface area contributed by atoms with Gasteiger partial charge in [-0.3, -0.25) is 9.59 Å². The number of carbonyl (C=O) groups excluding carboxylic acids is 3. The molecule has 0 N–H and O–H groups in total. The first-order valence-corrected chi connectivity index (χ1v) is 12.7. The number of carbonyl (C=O) groups is 3. The lowest BCUT2D eigenvalue weighted by molar-refractivity contribution is -0.138. The molecule has 0 unspecified atom stereocenters. The fourth-order valence-electron chi connectivity index (χ4n) is 4.24. The minimum Gasteiger partial charge on any atom is -0.462 e. The number of benzene rings is 2. The van der Waals surface area contributed by atoms with E-state index in [2.05, 4.69) is 16.8 Å². The van der Waals surface area contributed by atoms with Gasteiger partial charge in [-0.15, -0.1) is 0 Å². The van der Waals surface area contributed by atoms with Gasteiger partial charge in [0.2, 0.25) is 0 Å². The summed E-state index contributed by atoms with van der Waals surface area (Å²) in [6.07, 6.45) is -3.03. The normalized spacial score (nSPS) is 13.2. The van der Waals surface area contributed by atoms with E-state index in [4.69, 9.17) is 9.47 Å². The minimum atomic E-state index is -4.61. The second-order valence-electron chi connectivity index (χ2n) is 9.00. The van der Waals surface area contributed by atoms with Crippen LogP contribution in [0.3, 0.4) is 0 Å². The molecule has 0 aliphatic carbocycles. The van der Waals surface area contributed by atoms with Crippen molar-refractivity contribution < 1.29 is 37.0 Å². The highest BCUT2D eigenvalue weighted by Gasteiger charge is 2.36. The molecule has 2 heterocycles. The molecule has 0 spiro atoms. The highest BCUT2D eigenvalue weighted by Crippen LogP contribution is 2.32. The highest BCUT2D eigenvalue weighted by atomic mass is 19.4. The van der Waals surface area contributed by atoms with Crippen LogP contribution in [-0.4, -0.2) is 60.5 Å². The summed E-state index contributed by atoms with van der Waals surface area (Å²) in [4.78, 5) is 44.3. The molecule has 0 atom stereocenters. The number of alkyl halides is 3. The van der Waals surface area contributed by atoms with Gasteiger partial charge in [-0.1, -0.05) is 24.0 Å². The number of hydrogen-bond donors (Lipinski definition) is 0. The molecule has 1 fully saturated rings. The van der Waals surface area contributed by atoms with Gasteiger partial charge < -0.3 is 19.3 Å². The monoisotopic (exact) mass is 565 g/mol. The third-order valence-corrected chi connectivity index (χ3v) is 6.18. The Morgan fingerprint density at radius 1 is 0.927 bits per heavy atom. The van der Waals surface area contributed by atoms with Crippen molar-refractivity contribution in [3.8, 4) is 17.6 Å². The molecule has 1 amide bonds. The average molecular weight is 566 g/mol. The van der Waals surface area contributed by atoms with E-state index in [9.17, 15) is 27.6 Å². The van der Waals surface area contributed by atoms with Crippen LogP contribution in [0.5, 0.6) is 5.75 Å². The van der Waals surface area contributed by atoms with Crippen molar-refractivity contribution in [2.24, 2.45) is 0 Å². The number of amides is 1. The fourth-order valence-corrected chi connectivity index (χ4v) is 4.24. The van der Waals surface area contributed by atoms with Crippen LogP contribution in [0.25, 0.3) is 0 Å². The van der Waals surface area contributed by atoms with Crippen LogP contribution < -0.4 is 9.64 Å². The van der Waals surface area contributed by atoms with Gasteiger partial charge in [-0.2, -0.15) is 13.2 Å². The number of rotatable bonds is 5. The Morgan fingerprint density at radius 3 is 2.24 bits per heavy atom. The Morgan fingerprint density at radius 2 is 1.61 bits per heavy atom. The first kappa shape index (κ1) is 29.1. The van der Waals surface area contributed by atoms with Crippen molar-refractivity contribution in [1.29, 1.82) is 0 Å². The quantitative estimate of drug-likeness (QED) is 0.255.